The van der Waals surface area contributed by atoms with Crippen molar-refractivity contribution in [1.82, 2.24) is 15.3 Å². The van der Waals surface area contributed by atoms with E-state index >= 15 is 0 Å². The minimum atomic E-state index is -4.60. The minimum absolute atomic E-state index is 0.00214. The Morgan fingerprint density at radius 2 is 1.85 bits per heavy atom. The zero-order chi connectivity index (χ0) is 34.8. The summed E-state index contributed by atoms with van der Waals surface area (Å²) in [5, 5.41) is 12.5. The van der Waals surface area contributed by atoms with E-state index in [0.29, 0.717) is 16.9 Å². The number of hydrogen-bond donors (Lipinski definition) is 1. The van der Waals surface area contributed by atoms with E-state index in [1.54, 1.807) is 35.4 Å². The topological polar surface area (TPSA) is 93.9 Å². The van der Waals surface area contributed by atoms with Crippen molar-refractivity contribution >= 4 is 17.8 Å². The molecular formula is C37H41F3N6O2. The van der Waals surface area contributed by atoms with Crippen LogP contribution in [0.5, 0.6) is 5.75 Å². The number of alkyl halides is 3. The molecule has 0 saturated carbocycles. The summed E-state index contributed by atoms with van der Waals surface area (Å²) >= 11 is 0. The van der Waals surface area contributed by atoms with Gasteiger partial charge in [0, 0.05) is 37.3 Å². The number of Topliss-reactive ketones (excluding diaryl/α,β-unsaturated/α-hetero) is 1. The molecule has 0 amide bonds. The highest BCUT2D eigenvalue weighted by Gasteiger charge is 2.43. The quantitative estimate of drug-likeness (QED) is 0.209. The Morgan fingerprint density at radius 1 is 1.12 bits per heavy atom. The van der Waals surface area contributed by atoms with Crippen LogP contribution >= 0.6 is 0 Å². The highest BCUT2D eigenvalue weighted by molar-refractivity contribution is 5.97. The molecule has 0 spiro atoms. The summed E-state index contributed by atoms with van der Waals surface area (Å²) < 4.78 is 47.6. The van der Waals surface area contributed by atoms with Gasteiger partial charge in [-0.05, 0) is 48.2 Å². The Balaban J connectivity index is 0.000000291. The number of anilines is 1. The number of allylic oxidation sites excluding steroid dienone is 2. The summed E-state index contributed by atoms with van der Waals surface area (Å²) in [4.78, 5) is 20.5. The van der Waals surface area contributed by atoms with Crippen molar-refractivity contribution in [3.63, 3.8) is 0 Å². The van der Waals surface area contributed by atoms with Crippen molar-refractivity contribution in [2.75, 3.05) is 24.6 Å². The zero-order valence-corrected chi connectivity index (χ0v) is 27.7. The van der Waals surface area contributed by atoms with Crippen molar-refractivity contribution in [3.05, 3.63) is 113 Å². The molecule has 1 atom stereocenters. The van der Waals surface area contributed by atoms with Crippen LogP contribution in [0.25, 0.3) is 0 Å². The molecule has 8 nitrogen and oxygen atoms in total. The van der Waals surface area contributed by atoms with Crippen LogP contribution in [0.1, 0.15) is 73.6 Å². The van der Waals surface area contributed by atoms with Crippen LogP contribution < -0.4 is 15.1 Å². The largest absolute Gasteiger partial charge is 0.491 e. The van der Waals surface area contributed by atoms with E-state index in [1.807, 2.05) is 50.2 Å². The maximum Gasteiger partial charge on any atom is 0.420 e. The van der Waals surface area contributed by atoms with Crippen molar-refractivity contribution < 1.29 is 22.7 Å². The first-order valence-corrected chi connectivity index (χ1v) is 16.0. The molecule has 2 aliphatic heterocycles. The second kappa shape index (κ2) is 16.1. The molecule has 2 aromatic carbocycles. The monoisotopic (exact) mass is 658 g/mol. The number of pyridine rings is 1. The summed E-state index contributed by atoms with van der Waals surface area (Å²) in [5.41, 5.74) is 4.08. The lowest BCUT2D eigenvalue weighted by Crippen LogP contribution is -2.34. The van der Waals surface area contributed by atoms with Crippen LogP contribution in [-0.2, 0) is 6.54 Å². The molecule has 1 aromatic heterocycles. The molecule has 3 heterocycles. The van der Waals surface area contributed by atoms with Gasteiger partial charge >= 0.3 is 6.18 Å². The summed E-state index contributed by atoms with van der Waals surface area (Å²) in [6, 6.07) is 19.7. The van der Waals surface area contributed by atoms with Gasteiger partial charge in [-0.25, -0.2) is 4.98 Å². The standard InChI is InChI=1S/C25H24F3N3O2.C12H17N3/c1-15(2)24(32)17-8-6-9-19(11-17)33-14-22-20-10-5-4-7-18(20)13-31(22)21-12-29-30-16(3)23(21)25(26,27)28;1-3-7-15(8-4-2)12-6-5-11(9-13)10-14-12/h4-12,15,22,30H,3,13-14H2,1-2H3;5-6,10H,3-4,7-8H2,1-2H3. The van der Waals surface area contributed by atoms with E-state index in [1.165, 1.54) is 6.21 Å². The number of hydrazone groups is 1. The van der Waals surface area contributed by atoms with Gasteiger partial charge in [-0.15, -0.1) is 0 Å². The van der Waals surface area contributed by atoms with E-state index < -0.39 is 17.8 Å². The second-order valence-corrected chi connectivity index (χ2v) is 11.8. The molecule has 11 heteroatoms. The molecule has 2 aliphatic rings. The predicted octanol–water partition coefficient (Wildman–Crippen LogP) is 7.96. The molecule has 5 rings (SSSR count). The fourth-order valence-electron chi connectivity index (χ4n) is 5.65. The highest BCUT2D eigenvalue weighted by atomic mass is 19.4. The average molecular weight is 659 g/mol. The van der Waals surface area contributed by atoms with Gasteiger partial charge in [0.25, 0.3) is 0 Å². The SMILES string of the molecule is C=C1NN=CC(N2Cc3ccccc3C2COc2cccc(C(=O)C(C)C)c2)=C1C(F)(F)F.CCCN(CCC)c1ccc(C#N)cn1. The van der Waals surface area contributed by atoms with Crippen LogP contribution in [0.2, 0.25) is 0 Å². The number of hydrogen-bond acceptors (Lipinski definition) is 8. The third kappa shape index (κ3) is 8.62. The van der Waals surface area contributed by atoms with Crippen LogP contribution in [0.4, 0.5) is 19.0 Å². The van der Waals surface area contributed by atoms with E-state index in [2.05, 4.69) is 46.9 Å². The first kappa shape index (κ1) is 35.7. The Bertz CT molecular complexity index is 1690. The Morgan fingerprint density at radius 3 is 2.48 bits per heavy atom. The van der Waals surface area contributed by atoms with E-state index in [4.69, 9.17) is 10.00 Å². The molecule has 0 saturated heterocycles. The predicted molar refractivity (Wildman–Crippen MR) is 181 cm³/mol. The molecule has 48 heavy (non-hydrogen) atoms. The lowest BCUT2D eigenvalue weighted by molar-refractivity contribution is -0.0919. The van der Waals surface area contributed by atoms with Gasteiger partial charge in [-0.3, -0.25) is 10.2 Å². The molecular weight excluding hydrogens is 617 g/mol. The molecule has 0 aliphatic carbocycles. The molecule has 0 radical (unpaired) electrons. The molecule has 0 fully saturated rings. The number of carbonyl (C=O) groups is 1. The van der Waals surface area contributed by atoms with Crippen molar-refractivity contribution in [2.24, 2.45) is 11.0 Å². The fourth-order valence-corrected chi connectivity index (χ4v) is 5.65. The maximum absolute atomic E-state index is 13.9. The second-order valence-electron chi connectivity index (χ2n) is 11.8. The smallest absolute Gasteiger partial charge is 0.420 e. The third-order valence-corrected chi connectivity index (χ3v) is 7.91. The summed E-state index contributed by atoms with van der Waals surface area (Å²) in [6.07, 6.45) is 0.437. The summed E-state index contributed by atoms with van der Waals surface area (Å²) in [7, 11) is 0. The van der Waals surface area contributed by atoms with E-state index in [-0.39, 0.29) is 36.2 Å². The number of nitriles is 1. The molecule has 1 N–H and O–H groups in total. The van der Waals surface area contributed by atoms with Crippen LogP contribution in [0.3, 0.4) is 0 Å². The number of ether oxygens (including phenoxy) is 1. The van der Waals surface area contributed by atoms with Crippen LogP contribution in [0.15, 0.2) is 95.5 Å². The number of halogens is 3. The normalized spacial score (nSPS) is 15.4. The van der Waals surface area contributed by atoms with E-state index in [0.717, 1.165) is 42.9 Å². The van der Waals surface area contributed by atoms with Crippen LogP contribution in [0, 0.1) is 17.2 Å². The van der Waals surface area contributed by atoms with Gasteiger partial charge in [-0.1, -0.05) is 70.7 Å². The Kier molecular flexibility index (Phi) is 12.0. The average Bonchev–Trinajstić information content (AvgIpc) is 3.45. The number of nitrogens with one attached hydrogen (secondary N) is 1. The van der Waals surface area contributed by atoms with Gasteiger partial charge in [0.05, 0.1) is 29.2 Å². The number of fused-ring (bicyclic) bond motifs is 1. The summed E-state index contributed by atoms with van der Waals surface area (Å²) in [6.45, 7) is 13.9. The molecule has 0 bridgehead atoms. The van der Waals surface area contributed by atoms with Gasteiger partial charge in [-0.2, -0.15) is 23.5 Å². The first-order valence-electron chi connectivity index (χ1n) is 16.0. The number of benzene rings is 2. The van der Waals surface area contributed by atoms with Crippen molar-refractivity contribution in [1.29, 1.82) is 5.26 Å². The highest BCUT2D eigenvalue weighted by Crippen LogP contribution is 2.42. The fraction of sp³-hybridized carbons (Fsp3) is 0.351. The number of rotatable bonds is 11. The third-order valence-electron chi connectivity index (χ3n) is 7.91. The number of ketones is 1. The van der Waals surface area contributed by atoms with Gasteiger partial charge in [0.15, 0.2) is 5.78 Å². The number of carbonyl (C=O) groups excluding carboxylic acids is 1. The number of aromatic nitrogens is 1. The van der Waals surface area contributed by atoms with Gasteiger partial charge in [0.2, 0.25) is 0 Å². The molecule has 252 valence electrons. The van der Waals surface area contributed by atoms with Crippen molar-refractivity contribution in [3.8, 4) is 11.8 Å². The van der Waals surface area contributed by atoms with E-state index in [9.17, 15) is 18.0 Å². The lowest BCUT2D eigenvalue weighted by Gasteiger charge is -2.32. The van der Waals surface area contributed by atoms with Gasteiger partial charge in [0.1, 0.15) is 29.8 Å². The van der Waals surface area contributed by atoms with Gasteiger partial charge < -0.3 is 14.5 Å². The Labute approximate surface area is 280 Å². The Hall–Kier alpha value is -5.11. The van der Waals surface area contributed by atoms with Crippen molar-refractivity contribution in [2.45, 2.75) is 59.3 Å². The first-order chi connectivity index (χ1) is 23.0. The molecule has 1 unspecified atom stereocenters. The minimum Gasteiger partial charge on any atom is -0.491 e. The van der Waals surface area contributed by atoms with Crippen LogP contribution in [-0.4, -0.2) is 47.8 Å². The summed E-state index contributed by atoms with van der Waals surface area (Å²) in [5.74, 6) is 1.30. The lowest BCUT2D eigenvalue weighted by atomic mass is 10.0. The number of nitrogens with zero attached hydrogens (tertiary/aromatic N) is 5. The molecule has 3 aromatic rings. The maximum atomic E-state index is 13.9. The zero-order valence-electron chi connectivity index (χ0n) is 27.7.